The molecule has 0 spiro atoms. The highest BCUT2D eigenvalue weighted by molar-refractivity contribution is 7.92. The summed E-state index contributed by atoms with van der Waals surface area (Å²) >= 11 is 6.20. The number of nitrogens with one attached hydrogen (secondary N) is 2. The number of carbonyl (C=O) groups is 1. The van der Waals surface area contributed by atoms with Crippen LogP contribution in [0.3, 0.4) is 0 Å². The number of benzene rings is 2. The predicted molar refractivity (Wildman–Crippen MR) is 121 cm³/mol. The summed E-state index contributed by atoms with van der Waals surface area (Å²) in [6.45, 7) is 4.64. The van der Waals surface area contributed by atoms with Gasteiger partial charge in [-0.1, -0.05) is 29.3 Å². The van der Waals surface area contributed by atoms with Crippen LogP contribution in [0.2, 0.25) is 5.02 Å². The van der Waals surface area contributed by atoms with E-state index in [1.807, 2.05) is 6.92 Å². The number of aryl methyl sites for hydroxylation is 1. The maximum Gasteiger partial charge on any atom is 0.261 e. The number of anilines is 1. The third kappa shape index (κ3) is 5.97. The smallest absolute Gasteiger partial charge is 0.261 e. The predicted octanol–water partition coefficient (Wildman–Crippen LogP) is 3.91. The van der Waals surface area contributed by atoms with Crippen molar-refractivity contribution in [3.63, 3.8) is 0 Å². The Morgan fingerprint density at radius 3 is 2.47 bits per heavy atom. The van der Waals surface area contributed by atoms with Crippen LogP contribution in [0.1, 0.15) is 35.2 Å². The van der Waals surface area contributed by atoms with Crippen molar-refractivity contribution in [2.24, 2.45) is 5.92 Å². The monoisotopic (exact) mass is 449 g/mol. The second-order valence-electron chi connectivity index (χ2n) is 7.90. The fraction of sp³-hybridized carbons (Fsp3) is 0.409. The Kier molecular flexibility index (Phi) is 7.39. The summed E-state index contributed by atoms with van der Waals surface area (Å²) in [6.07, 6.45) is 3.21. The van der Waals surface area contributed by atoms with Gasteiger partial charge < -0.3 is 10.2 Å². The number of likely N-dealkylation sites (tertiary alicyclic amines) is 1. The van der Waals surface area contributed by atoms with Crippen molar-refractivity contribution >= 4 is 33.2 Å². The summed E-state index contributed by atoms with van der Waals surface area (Å²) in [5.41, 5.74) is 1.52. The SMILES string of the molecule is Cc1ccc(S(=O)(=O)Nc2ccc(Cl)c(C(=O)NCCC3CCN(C)CC3)c2)cc1. The number of carbonyl (C=O) groups excluding carboxylic acids is 1. The average Bonchev–Trinajstić information content (AvgIpc) is 2.71. The standard InChI is InChI=1S/C22H28ClN3O3S/c1-16-3-6-19(7-4-16)30(28,29)25-18-5-8-21(23)20(15-18)22(27)24-12-9-17-10-13-26(2)14-11-17/h3-8,15,17,25H,9-14H2,1-2H3,(H,24,27). The largest absolute Gasteiger partial charge is 0.352 e. The Hall–Kier alpha value is -2.09. The number of hydrogen-bond acceptors (Lipinski definition) is 4. The minimum Gasteiger partial charge on any atom is -0.352 e. The van der Waals surface area contributed by atoms with E-state index in [-0.39, 0.29) is 21.4 Å². The summed E-state index contributed by atoms with van der Waals surface area (Å²) < 4.78 is 27.7. The van der Waals surface area contributed by atoms with E-state index in [9.17, 15) is 13.2 Å². The number of nitrogens with zero attached hydrogens (tertiary/aromatic N) is 1. The maximum atomic E-state index is 12.6. The average molecular weight is 450 g/mol. The lowest BCUT2D eigenvalue weighted by Crippen LogP contribution is -2.32. The van der Waals surface area contributed by atoms with E-state index in [2.05, 4.69) is 22.0 Å². The zero-order chi connectivity index (χ0) is 21.7. The van der Waals surface area contributed by atoms with Crippen LogP contribution in [0.5, 0.6) is 0 Å². The first-order valence-electron chi connectivity index (χ1n) is 10.1. The van der Waals surface area contributed by atoms with Crippen LogP contribution in [-0.2, 0) is 10.0 Å². The molecule has 0 unspecified atom stereocenters. The molecular formula is C22H28ClN3O3S. The zero-order valence-electron chi connectivity index (χ0n) is 17.3. The van der Waals surface area contributed by atoms with Gasteiger partial charge in [0.1, 0.15) is 0 Å². The van der Waals surface area contributed by atoms with Crippen LogP contribution in [0.15, 0.2) is 47.4 Å². The van der Waals surface area contributed by atoms with Crippen molar-refractivity contribution in [1.29, 1.82) is 0 Å². The van der Waals surface area contributed by atoms with E-state index >= 15 is 0 Å². The van der Waals surface area contributed by atoms with E-state index in [4.69, 9.17) is 11.6 Å². The third-order valence-electron chi connectivity index (χ3n) is 5.47. The molecule has 8 heteroatoms. The van der Waals surface area contributed by atoms with Crippen molar-refractivity contribution in [3.05, 3.63) is 58.6 Å². The summed E-state index contributed by atoms with van der Waals surface area (Å²) in [4.78, 5) is 15.1. The minimum atomic E-state index is -3.75. The molecular weight excluding hydrogens is 422 g/mol. The first-order valence-corrected chi connectivity index (χ1v) is 12.0. The molecule has 0 atom stereocenters. The van der Waals surface area contributed by atoms with Crippen molar-refractivity contribution in [1.82, 2.24) is 10.2 Å². The fourth-order valence-corrected chi connectivity index (χ4v) is 4.78. The maximum absolute atomic E-state index is 12.6. The molecule has 162 valence electrons. The van der Waals surface area contributed by atoms with Gasteiger partial charge >= 0.3 is 0 Å². The number of amides is 1. The van der Waals surface area contributed by atoms with Crippen LogP contribution in [-0.4, -0.2) is 45.9 Å². The van der Waals surface area contributed by atoms with Gasteiger partial charge in [0.2, 0.25) is 0 Å². The number of halogens is 1. The Bertz CT molecular complexity index is 985. The lowest BCUT2D eigenvalue weighted by molar-refractivity contribution is 0.0949. The lowest BCUT2D eigenvalue weighted by Gasteiger charge is -2.28. The first-order chi connectivity index (χ1) is 14.2. The highest BCUT2D eigenvalue weighted by Gasteiger charge is 2.19. The summed E-state index contributed by atoms with van der Waals surface area (Å²) in [5.74, 6) is 0.314. The number of piperidine rings is 1. The van der Waals surface area contributed by atoms with Gasteiger partial charge in [-0.05, 0) is 82.6 Å². The topological polar surface area (TPSA) is 78.5 Å². The molecule has 0 bridgehead atoms. The molecule has 30 heavy (non-hydrogen) atoms. The highest BCUT2D eigenvalue weighted by Crippen LogP contribution is 2.24. The molecule has 0 aromatic heterocycles. The van der Waals surface area contributed by atoms with Crippen LogP contribution in [0.25, 0.3) is 0 Å². The first kappa shape index (κ1) is 22.6. The molecule has 1 fully saturated rings. The van der Waals surface area contributed by atoms with E-state index in [0.29, 0.717) is 18.2 Å². The van der Waals surface area contributed by atoms with Gasteiger partial charge in [-0.3, -0.25) is 9.52 Å². The Balaban J connectivity index is 1.62. The fourth-order valence-electron chi connectivity index (χ4n) is 3.53. The molecule has 2 N–H and O–H groups in total. The van der Waals surface area contributed by atoms with Crippen LogP contribution >= 0.6 is 11.6 Å². The molecule has 2 aromatic carbocycles. The zero-order valence-corrected chi connectivity index (χ0v) is 18.9. The molecule has 1 heterocycles. The van der Waals surface area contributed by atoms with Crippen LogP contribution in [0.4, 0.5) is 5.69 Å². The highest BCUT2D eigenvalue weighted by atomic mass is 35.5. The van der Waals surface area contributed by atoms with E-state index in [1.165, 1.54) is 12.1 Å². The number of rotatable bonds is 7. The van der Waals surface area contributed by atoms with Crippen molar-refractivity contribution in [3.8, 4) is 0 Å². The number of sulfonamides is 1. The van der Waals surface area contributed by atoms with Crippen molar-refractivity contribution in [2.75, 3.05) is 31.4 Å². The van der Waals surface area contributed by atoms with Crippen LogP contribution in [0, 0.1) is 12.8 Å². The van der Waals surface area contributed by atoms with Gasteiger partial charge in [0, 0.05) is 12.2 Å². The minimum absolute atomic E-state index is 0.159. The van der Waals surface area contributed by atoms with Crippen molar-refractivity contribution in [2.45, 2.75) is 31.1 Å². The molecule has 0 aliphatic carbocycles. The molecule has 1 saturated heterocycles. The molecule has 0 radical (unpaired) electrons. The molecule has 0 saturated carbocycles. The summed E-state index contributed by atoms with van der Waals surface area (Å²) in [5, 5.41) is 3.19. The normalized spacial score (nSPS) is 15.7. The second kappa shape index (κ2) is 9.81. The molecule has 6 nitrogen and oxygen atoms in total. The van der Waals surface area contributed by atoms with Gasteiger partial charge in [-0.2, -0.15) is 0 Å². The molecule has 1 aliphatic heterocycles. The van der Waals surface area contributed by atoms with Crippen LogP contribution < -0.4 is 10.0 Å². The van der Waals surface area contributed by atoms with Gasteiger partial charge in [0.25, 0.3) is 15.9 Å². The summed E-state index contributed by atoms with van der Waals surface area (Å²) in [7, 11) is -1.63. The Labute approximate surface area is 183 Å². The van der Waals surface area contributed by atoms with Gasteiger partial charge in [0.15, 0.2) is 0 Å². The third-order valence-corrected chi connectivity index (χ3v) is 7.20. The van der Waals surface area contributed by atoms with Crippen molar-refractivity contribution < 1.29 is 13.2 Å². The quantitative estimate of drug-likeness (QED) is 0.671. The molecule has 1 amide bonds. The van der Waals surface area contributed by atoms with Gasteiger partial charge in [-0.25, -0.2) is 8.42 Å². The molecule has 3 rings (SSSR count). The number of hydrogen-bond donors (Lipinski definition) is 2. The molecule has 1 aliphatic rings. The van der Waals surface area contributed by atoms with E-state index in [0.717, 1.165) is 37.9 Å². The van der Waals surface area contributed by atoms with E-state index in [1.54, 1.807) is 30.3 Å². The Morgan fingerprint density at radius 1 is 1.13 bits per heavy atom. The Morgan fingerprint density at radius 2 is 1.80 bits per heavy atom. The second-order valence-corrected chi connectivity index (χ2v) is 9.99. The van der Waals surface area contributed by atoms with E-state index < -0.39 is 10.0 Å². The van der Waals surface area contributed by atoms with Gasteiger partial charge in [0.05, 0.1) is 15.5 Å². The summed E-state index contributed by atoms with van der Waals surface area (Å²) in [6, 6.07) is 11.1. The lowest BCUT2D eigenvalue weighted by atomic mass is 9.94. The molecule has 2 aromatic rings. The van der Waals surface area contributed by atoms with Gasteiger partial charge in [-0.15, -0.1) is 0 Å².